The van der Waals surface area contributed by atoms with Gasteiger partial charge >= 0.3 is 5.97 Å². The summed E-state index contributed by atoms with van der Waals surface area (Å²) >= 11 is 0. The Morgan fingerprint density at radius 1 is 1.42 bits per heavy atom. The summed E-state index contributed by atoms with van der Waals surface area (Å²) in [6.07, 6.45) is 0. The van der Waals surface area contributed by atoms with Gasteiger partial charge in [-0.05, 0) is 13.8 Å². The lowest BCUT2D eigenvalue weighted by Crippen LogP contribution is -2.43. The lowest BCUT2D eigenvalue weighted by Gasteiger charge is -2.15. The first kappa shape index (κ1) is 13.5. The quantitative estimate of drug-likeness (QED) is 0.795. The zero-order valence-corrected chi connectivity index (χ0v) is 11.1. The molecule has 7 nitrogen and oxygen atoms in total. The second-order valence-electron chi connectivity index (χ2n) is 4.73. The number of aromatic nitrogens is 2. The molecular formula is C12H17N3O4. The van der Waals surface area contributed by atoms with E-state index in [4.69, 9.17) is 9.84 Å². The fourth-order valence-corrected chi connectivity index (χ4v) is 2.28. The smallest absolute Gasteiger partial charge is 0.311 e. The Kier molecular flexibility index (Phi) is 3.57. The SMILES string of the molecule is Cc1nn(C)c(C)c1C(=O)NC1COCC1C(=O)O. The Bertz CT molecular complexity index is 523. The van der Waals surface area contributed by atoms with Crippen molar-refractivity contribution in [2.75, 3.05) is 13.2 Å². The number of ether oxygens (including phenoxy) is 1. The van der Waals surface area contributed by atoms with Gasteiger partial charge in [-0.25, -0.2) is 0 Å². The number of nitrogens with zero attached hydrogens (tertiary/aromatic N) is 2. The van der Waals surface area contributed by atoms with Gasteiger partial charge in [0, 0.05) is 12.7 Å². The summed E-state index contributed by atoms with van der Waals surface area (Å²) in [5, 5.41) is 15.9. The number of carbonyl (C=O) groups excluding carboxylic acids is 1. The van der Waals surface area contributed by atoms with Crippen LogP contribution in [0, 0.1) is 19.8 Å². The molecule has 1 aromatic heterocycles. The van der Waals surface area contributed by atoms with Crippen LogP contribution in [-0.4, -0.2) is 46.0 Å². The molecule has 0 spiro atoms. The molecule has 2 heterocycles. The van der Waals surface area contributed by atoms with Gasteiger partial charge < -0.3 is 15.2 Å². The first-order chi connectivity index (χ1) is 8.91. The zero-order valence-electron chi connectivity index (χ0n) is 11.1. The molecule has 0 aromatic carbocycles. The third kappa shape index (κ3) is 2.46. The number of aliphatic carboxylic acids is 1. The molecule has 2 rings (SSSR count). The second kappa shape index (κ2) is 5.00. The van der Waals surface area contributed by atoms with Crippen molar-refractivity contribution in [3.63, 3.8) is 0 Å². The first-order valence-corrected chi connectivity index (χ1v) is 6.03. The maximum absolute atomic E-state index is 12.2. The number of carboxylic acids is 1. The Morgan fingerprint density at radius 2 is 2.11 bits per heavy atom. The maximum atomic E-state index is 12.2. The number of nitrogens with one attached hydrogen (secondary N) is 1. The average molecular weight is 267 g/mol. The summed E-state index contributed by atoms with van der Waals surface area (Å²) < 4.78 is 6.75. The van der Waals surface area contributed by atoms with Crippen molar-refractivity contribution in [1.82, 2.24) is 15.1 Å². The number of hydrogen-bond acceptors (Lipinski definition) is 4. The van der Waals surface area contributed by atoms with Crippen molar-refractivity contribution in [1.29, 1.82) is 0 Å². The van der Waals surface area contributed by atoms with Crippen LogP contribution in [0.3, 0.4) is 0 Å². The maximum Gasteiger partial charge on any atom is 0.311 e. The normalized spacial score (nSPS) is 22.5. The fourth-order valence-electron chi connectivity index (χ4n) is 2.28. The van der Waals surface area contributed by atoms with Crippen LogP contribution in [0.15, 0.2) is 0 Å². The van der Waals surface area contributed by atoms with Crippen molar-refractivity contribution in [3.8, 4) is 0 Å². The Balaban J connectivity index is 2.15. The number of hydrogen-bond donors (Lipinski definition) is 2. The molecule has 1 aliphatic heterocycles. The van der Waals surface area contributed by atoms with Gasteiger partial charge in [0.15, 0.2) is 0 Å². The van der Waals surface area contributed by atoms with E-state index in [1.165, 1.54) is 0 Å². The van der Waals surface area contributed by atoms with Crippen LogP contribution in [-0.2, 0) is 16.6 Å². The molecule has 1 amide bonds. The summed E-state index contributed by atoms with van der Waals surface area (Å²) in [6.45, 7) is 3.91. The average Bonchev–Trinajstić information content (AvgIpc) is 2.85. The second-order valence-corrected chi connectivity index (χ2v) is 4.73. The van der Waals surface area contributed by atoms with Crippen molar-refractivity contribution in [2.45, 2.75) is 19.9 Å². The number of amides is 1. The summed E-state index contributed by atoms with van der Waals surface area (Å²) in [4.78, 5) is 23.2. The van der Waals surface area contributed by atoms with Crippen molar-refractivity contribution in [3.05, 3.63) is 17.0 Å². The van der Waals surface area contributed by atoms with Crippen LogP contribution >= 0.6 is 0 Å². The Hall–Kier alpha value is -1.89. The van der Waals surface area contributed by atoms with E-state index in [9.17, 15) is 9.59 Å². The highest BCUT2D eigenvalue weighted by molar-refractivity contribution is 5.96. The van der Waals surface area contributed by atoms with E-state index in [2.05, 4.69) is 10.4 Å². The molecule has 0 radical (unpaired) electrons. The third-order valence-corrected chi connectivity index (χ3v) is 3.45. The van der Waals surface area contributed by atoms with Crippen LogP contribution in [0.25, 0.3) is 0 Å². The molecule has 2 unspecified atom stereocenters. The van der Waals surface area contributed by atoms with Gasteiger partial charge in [0.1, 0.15) is 5.92 Å². The van der Waals surface area contributed by atoms with E-state index < -0.39 is 17.9 Å². The molecule has 1 saturated heterocycles. The predicted octanol–water partition coefficient (Wildman–Crippen LogP) is -0.134. The van der Waals surface area contributed by atoms with Gasteiger partial charge in [-0.1, -0.05) is 0 Å². The van der Waals surface area contributed by atoms with Crippen LogP contribution in [0.4, 0.5) is 0 Å². The summed E-state index contributed by atoms with van der Waals surface area (Å²) in [7, 11) is 1.76. The molecule has 1 fully saturated rings. The number of carboxylic acid groups (broad SMARTS) is 1. The van der Waals surface area contributed by atoms with E-state index >= 15 is 0 Å². The molecule has 0 aliphatic carbocycles. The molecule has 0 bridgehead atoms. The summed E-state index contributed by atoms with van der Waals surface area (Å²) in [5.41, 5.74) is 1.88. The van der Waals surface area contributed by atoms with Crippen LogP contribution in [0.1, 0.15) is 21.7 Å². The third-order valence-electron chi connectivity index (χ3n) is 3.45. The fraction of sp³-hybridized carbons (Fsp3) is 0.583. The highest BCUT2D eigenvalue weighted by atomic mass is 16.5. The predicted molar refractivity (Wildman–Crippen MR) is 65.9 cm³/mol. The molecule has 19 heavy (non-hydrogen) atoms. The summed E-state index contributed by atoms with van der Waals surface area (Å²) in [6, 6.07) is -0.496. The number of rotatable bonds is 3. The first-order valence-electron chi connectivity index (χ1n) is 6.03. The van der Waals surface area contributed by atoms with Crippen LogP contribution in [0.5, 0.6) is 0 Å². The van der Waals surface area contributed by atoms with Gasteiger partial charge in [-0.2, -0.15) is 5.10 Å². The lowest BCUT2D eigenvalue weighted by atomic mass is 10.0. The minimum atomic E-state index is -0.956. The van der Waals surface area contributed by atoms with E-state index in [1.807, 2.05) is 0 Å². The lowest BCUT2D eigenvalue weighted by molar-refractivity contribution is -0.142. The highest BCUT2D eigenvalue weighted by Gasteiger charge is 2.35. The molecular weight excluding hydrogens is 250 g/mol. The van der Waals surface area contributed by atoms with Gasteiger partial charge in [0.25, 0.3) is 5.91 Å². The number of carbonyl (C=O) groups is 2. The van der Waals surface area contributed by atoms with Crippen LogP contribution < -0.4 is 5.32 Å². The van der Waals surface area contributed by atoms with E-state index in [1.54, 1.807) is 25.6 Å². The molecule has 2 N–H and O–H groups in total. The van der Waals surface area contributed by atoms with E-state index in [0.29, 0.717) is 11.3 Å². The molecule has 1 aliphatic rings. The Morgan fingerprint density at radius 3 is 2.63 bits per heavy atom. The van der Waals surface area contributed by atoms with Crippen molar-refractivity contribution >= 4 is 11.9 Å². The van der Waals surface area contributed by atoms with Crippen LogP contribution in [0.2, 0.25) is 0 Å². The van der Waals surface area contributed by atoms with Gasteiger partial charge in [-0.3, -0.25) is 14.3 Å². The monoisotopic (exact) mass is 267 g/mol. The molecule has 7 heteroatoms. The minimum absolute atomic E-state index is 0.130. The molecule has 0 saturated carbocycles. The molecule has 1 aromatic rings. The van der Waals surface area contributed by atoms with Crippen molar-refractivity contribution in [2.24, 2.45) is 13.0 Å². The standard InChI is InChI=1S/C12H17N3O4/c1-6-10(7(2)15(3)14-6)11(16)13-9-5-19-4-8(9)12(17)18/h8-9H,4-5H2,1-3H3,(H,13,16)(H,17,18). The minimum Gasteiger partial charge on any atom is -0.481 e. The van der Waals surface area contributed by atoms with E-state index in [-0.39, 0.29) is 19.1 Å². The molecule has 104 valence electrons. The summed E-state index contributed by atoms with van der Waals surface area (Å²) in [5.74, 6) is -1.95. The van der Waals surface area contributed by atoms with Gasteiger partial charge in [0.05, 0.1) is 30.5 Å². The number of aryl methyl sites for hydroxylation is 2. The van der Waals surface area contributed by atoms with Gasteiger partial charge in [0.2, 0.25) is 0 Å². The van der Waals surface area contributed by atoms with Crippen molar-refractivity contribution < 1.29 is 19.4 Å². The largest absolute Gasteiger partial charge is 0.481 e. The molecule has 2 atom stereocenters. The zero-order chi connectivity index (χ0) is 14.2. The van der Waals surface area contributed by atoms with Gasteiger partial charge in [-0.15, -0.1) is 0 Å². The van der Waals surface area contributed by atoms with E-state index in [0.717, 1.165) is 5.69 Å². The highest BCUT2D eigenvalue weighted by Crippen LogP contribution is 2.17. The topological polar surface area (TPSA) is 93.5 Å². The Labute approximate surface area is 110 Å².